The van der Waals surface area contributed by atoms with Crippen LogP contribution in [0.3, 0.4) is 0 Å². The molecule has 1 aliphatic rings. The van der Waals surface area contributed by atoms with E-state index in [1.807, 2.05) is 0 Å². The monoisotopic (exact) mass is 260 g/mol. The third-order valence-electron chi connectivity index (χ3n) is 4.54. The predicted octanol–water partition coefficient (Wildman–Crippen LogP) is 3.38. The van der Waals surface area contributed by atoms with Gasteiger partial charge in [0, 0.05) is 18.6 Å². The Labute approximate surface area is 118 Å². The van der Waals surface area contributed by atoms with Crippen molar-refractivity contribution in [2.24, 2.45) is 5.73 Å². The number of hydrogen-bond acceptors (Lipinski definition) is 2. The Morgan fingerprint density at radius 3 is 2.37 bits per heavy atom. The molecule has 106 valence electrons. The van der Waals surface area contributed by atoms with Crippen molar-refractivity contribution in [1.82, 2.24) is 4.90 Å². The van der Waals surface area contributed by atoms with E-state index in [0.29, 0.717) is 12.0 Å². The van der Waals surface area contributed by atoms with Gasteiger partial charge >= 0.3 is 0 Å². The minimum Gasteiger partial charge on any atom is -0.328 e. The van der Waals surface area contributed by atoms with Crippen LogP contribution in [0.15, 0.2) is 30.3 Å². The van der Waals surface area contributed by atoms with Gasteiger partial charge in [-0.2, -0.15) is 0 Å². The third kappa shape index (κ3) is 4.05. The van der Waals surface area contributed by atoms with E-state index in [1.165, 1.54) is 37.8 Å². The summed E-state index contributed by atoms with van der Waals surface area (Å²) in [6.07, 6.45) is 4.94. The van der Waals surface area contributed by atoms with Crippen LogP contribution in [0.5, 0.6) is 0 Å². The van der Waals surface area contributed by atoms with Crippen molar-refractivity contribution in [2.45, 2.75) is 57.5 Å². The molecule has 2 rings (SSSR count). The summed E-state index contributed by atoms with van der Waals surface area (Å²) in [5.74, 6) is 0.608. The van der Waals surface area contributed by atoms with Crippen LogP contribution < -0.4 is 5.73 Å². The molecule has 0 aliphatic heterocycles. The summed E-state index contributed by atoms with van der Waals surface area (Å²) < 4.78 is 0. The molecule has 0 radical (unpaired) electrons. The summed E-state index contributed by atoms with van der Waals surface area (Å²) >= 11 is 0. The topological polar surface area (TPSA) is 29.3 Å². The Kier molecular flexibility index (Phi) is 5.41. The van der Waals surface area contributed by atoms with Crippen molar-refractivity contribution in [3.05, 3.63) is 35.9 Å². The van der Waals surface area contributed by atoms with Crippen LogP contribution in [0.2, 0.25) is 0 Å². The summed E-state index contributed by atoms with van der Waals surface area (Å²) in [5, 5.41) is 0. The van der Waals surface area contributed by atoms with E-state index in [-0.39, 0.29) is 0 Å². The highest BCUT2D eigenvalue weighted by atomic mass is 15.2. The summed E-state index contributed by atoms with van der Waals surface area (Å²) in [6, 6.07) is 12.1. The van der Waals surface area contributed by atoms with Crippen molar-refractivity contribution >= 4 is 0 Å². The van der Waals surface area contributed by atoms with Crippen LogP contribution in [-0.4, -0.2) is 30.1 Å². The lowest BCUT2D eigenvalue weighted by Gasteiger charge is -2.37. The lowest BCUT2D eigenvalue weighted by molar-refractivity contribution is 0.150. The van der Waals surface area contributed by atoms with E-state index in [0.717, 1.165) is 12.6 Å². The quantitative estimate of drug-likeness (QED) is 0.879. The second-order valence-corrected chi connectivity index (χ2v) is 5.97. The van der Waals surface area contributed by atoms with E-state index >= 15 is 0 Å². The zero-order valence-electron chi connectivity index (χ0n) is 12.4. The Morgan fingerprint density at radius 1 is 1.16 bits per heavy atom. The average molecular weight is 260 g/mol. The molecule has 2 heteroatoms. The number of nitrogens with two attached hydrogens (primary N) is 1. The number of rotatable bonds is 5. The minimum atomic E-state index is 0.446. The van der Waals surface area contributed by atoms with Gasteiger partial charge in [0.25, 0.3) is 0 Å². The normalized spacial score (nSPS) is 25.5. The molecule has 0 heterocycles. The molecule has 1 fully saturated rings. The van der Waals surface area contributed by atoms with Crippen molar-refractivity contribution < 1.29 is 0 Å². The van der Waals surface area contributed by atoms with E-state index in [4.69, 9.17) is 5.73 Å². The van der Waals surface area contributed by atoms with Crippen LogP contribution in [0.4, 0.5) is 0 Å². The highest BCUT2D eigenvalue weighted by Crippen LogP contribution is 2.25. The first-order valence-electron chi connectivity index (χ1n) is 7.75. The molecule has 1 atom stereocenters. The second-order valence-electron chi connectivity index (χ2n) is 5.97. The zero-order chi connectivity index (χ0) is 13.7. The number of nitrogens with zero attached hydrogens (tertiary/aromatic N) is 1. The van der Waals surface area contributed by atoms with E-state index in [9.17, 15) is 0 Å². The molecule has 1 aromatic rings. The maximum absolute atomic E-state index is 6.01. The summed E-state index contributed by atoms with van der Waals surface area (Å²) in [6.45, 7) is 6.94. The van der Waals surface area contributed by atoms with Gasteiger partial charge in [-0.3, -0.25) is 0 Å². The van der Waals surface area contributed by atoms with E-state index < -0.39 is 0 Å². The summed E-state index contributed by atoms with van der Waals surface area (Å²) in [5.41, 5.74) is 7.46. The van der Waals surface area contributed by atoms with Crippen LogP contribution in [0.1, 0.15) is 51.0 Å². The van der Waals surface area contributed by atoms with Crippen molar-refractivity contribution in [1.29, 1.82) is 0 Å². The third-order valence-corrected chi connectivity index (χ3v) is 4.54. The van der Waals surface area contributed by atoms with Gasteiger partial charge in [0.2, 0.25) is 0 Å². The fourth-order valence-corrected chi connectivity index (χ4v) is 3.24. The molecule has 0 amide bonds. The Bertz CT molecular complexity index is 355. The Hall–Kier alpha value is -0.860. The Morgan fingerprint density at radius 2 is 1.79 bits per heavy atom. The molecule has 0 aromatic heterocycles. The first kappa shape index (κ1) is 14.5. The second kappa shape index (κ2) is 7.06. The highest BCUT2D eigenvalue weighted by Gasteiger charge is 2.24. The number of likely N-dealkylation sites (N-methyl/N-ethyl adjacent to an activating group) is 1. The lowest BCUT2D eigenvalue weighted by atomic mass is 9.89. The molecule has 19 heavy (non-hydrogen) atoms. The predicted molar refractivity (Wildman–Crippen MR) is 82.3 cm³/mol. The van der Waals surface area contributed by atoms with Gasteiger partial charge in [-0.15, -0.1) is 0 Å². The van der Waals surface area contributed by atoms with Crippen LogP contribution in [0.25, 0.3) is 0 Å². The lowest BCUT2D eigenvalue weighted by Crippen LogP contribution is -2.42. The maximum Gasteiger partial charge on any atom is 0.00965 e. The fraction of sp³-hybridized carbons (Fsp3) is 0.647. The molecule has 1 aromatic carbocycles. The first-order valence-corrected chi connectivity index (χ1v) is 7.75. The maximum atomic E-state index is 6.01. The largest absolute Gasteiger partial charge is 0.328 e. The van der Waals surface area contributed by atoms with E-state index in [2.05, 4.69) is 49.1 Å². The summed E-state index contributed by atoms with van der Waals surface area (Å²) in [4.78, 5) is 2.66. The van der Waals surface area contributed by atoms with Crippen LogP contribution >= 0.6 is 0 Å². The fourth-order valence-electron chi connectivity index (χ4n) is 3.24. The van der Waals surface area contributed by atoms with Gasteiger partial charge in [-0.1, -0.05) is 44.2 Å². The molecule has 1 aliphatic carbocycles. The zero-order valence-corrected chi connectivity index (χ0v) is 12.4. The summed E-state index contributed by atoms with van der Waals surface area (Å²) in [7, 11) is 0. The smallest absolute Gasteiger partial charge is 0.00965 e. The number of benzene rings is 1. The number of hydrogen-bond donors (Lipinski definition) is 1. The van der Waals surface area contributed by atoms with Gasteiger partial charge < -0.3 is 10.6 Å². The van der Waals surface area contributed by atoms with Gasteiger partial charge in [0.1, 0.15) is 0 Å². The molecule has 0 spiro atoms. The van der Waals surface area contributed by atoms with Crippen LogP contribution in [0, 0.1) is 0 Å². The molecule has 0 bridgehead atoms. The van der Waals surface area contributed by atoms with Gasteiger partial charge in [-0.05, 0) is 43.7 Å². The van der Waals surface area contributed by atoms with Gasteiger partial charge in [0.15, 0.2) is 0 Å². The molecular formula is C17H28N2. The van der Waals surface area contributed by atoms with Crippen molar-refractivity contribution in [3.8, 4) is 0 Å². The van der Waals surface area contributed by atoms with Crippen molar-refractivity contribution in [3.63, 3.8) is 0 Å². The standard InChI is InChI=1S/C17H28N2/c1-3-19(17-11-9-16(18)10-12-17)13-14(2)15-7-5-4-6-8-15/h4-8,14,16-17H,3,9-13,18H2,1-2H3. The molecular weight excluding hydrogens is 232 g/mol. The molecule has 2 N–H and O–H groups in total. The first-order chi connectivity index (χ1) is 9.20. The molecule has 1 saturated carbocycles. The van der Waals surface area contributed by atoms with Gasteiger partial charge in [0.05, 0.1) is 0 Å². The Balaban J connectivity index is 1.92. The highest BCUT2D eigenvalue weighted by molar-refractivity contribution is 5.19. The SMILES string of the molecule is CCN(CC(C)c1ccccc1)C1CCC(N)CC1. The van der Waals surface area contributed by atoms with Crippen molar-refractivity contribution in [2.75, 3.05) is 13.1 Å². The minimum absolute atomic E-state index is 0.446. The van der Waals surface area contributed by atoms with Gasteiger partial charge in [-0.25, -0.2) is 0 Å². The van der Waals surface area contributed by atoms with E-state index in [1.54, 1.807) is 0 Å². The average Bonchev–Trinajstić information content (AvgIpc) is 2.46. The molecule has 1 unspecified atom stereocenters. The molecule has 2 nitrogen and oxygen atoms in total. The molecule has 0 saturated heterocycles. The van der Waals surface area contributed by atoms with Crippen LogP contribution in [-0.2, 0) is 0 Å².